The molecule has 3 rings (SSSR count). The van der Waals surface area contributed by atoms with Gasteiger partial charge < -0.3 is 10.1 Å². The van der Waals surface area contributed by atoms with Gasteiger partial charge in [0.25, 0.3) is 5.91 Å². The molecule has 1 amide bonds. The van der Waals surface area contributed by atoms with Crippen molar-refractivity contribution in [3.05, 3.63) is 95.3 Å². The summed E-state index contributed by atoms with van der Waals surface area (Å²) in [5.41, 5.74) is -1.57. The van der Waals surface area contributed by atoms with Crippen molar-refractivity contribution < 1.29 is 31.9 Å². The second kappa shape index (κ2) is 8.14. The summed E-state index contributed by atoms with van der Waals surface area (Å²) >= 11 is 0. The lowest BCUT2D eigenvalue weighted by molar-refractivity contribution is -0.138. The van der Waals surface area contributed by atoms with E-state index in [9.17, 15) is 27.2 Å². The summed E-state index contributed by atoms with van der Waals surface area (Å²) in [6, 6.07) is 15.0. The molecule has 4 nitrogen and oxygen atoms in total. The monoisotopic (exact) mass is 403 g/mol. The minimum absolute atomic E-state index is 0.169. The minimum Gasteiger partial charge on any atom is -0.421 e. The fourth-order valence-corrected chi connectivity index (χ4v) is 2.51. The third-order valence-electron chi connectivity index (χ3n) is 3.87. The van der Waals surface area contributed by atoms with Gasteiger partial charge in [0.05, 0.1) is 16.7 Å². The Bertz CT molecular complexity index is 1030. The Morgan fingerprint density at radius 3 is 2.10 bits per heavy atom. The van der Waals surface area contributed by atoms with Crippen LogP contribution < -0.4 is 10.1 Å². The predicted molar refractivity (Wildman–Crippen MR) is 97.2 cm³/mol. The van der Waals surface area contributed by atoms with Crippen molar-refractivity contribution in [3.8, 4) is 5.75 Å². The molecular formula is C21H13F4NO3. The van der Waals surface area contributed by atoms with Crippen LogP contribution in [-0.2, 0) is 6.18 Å². The van der Waals surface area contributed by atoms with Gasteiger partial charge >= 0.3 is 12.1 Å². The maximum Gasteiger partial charge on any atom is 0.420 e. The fourth-order valence-electron chi connectivity index (χ4n) is 2.51. The van der Waals surface area contributed by atoms with Crippen molar-refractivity contribution in [2.75, 3.05) is 5.32 Å². The van der Waals surface area contributed by atoms with Crippen LogP contribution in [-0.4, -0.2) is 11.9 Å². The number of carbonyl (C=O) groups is 2. The maximum atomic E-state index is 13.5. The summed E-state index contributed by atoms with van der Waals surface area (Å²) in [6.07, 6.45) is -4.87. The maximum absolute atomic E-state index is 13.5. The molecule has 0 heterocycles. The molecule has 0 spiro atoms. The highest BCUT2D eigenvalue weighted by Gasteiger charge is 2.37. The summed E-state index contributed by atoms with van der Waals surface area (Å²) in [6.45, 7) is 0. The first-order valence-corrected chi connectivity index (χ1v) is 8.30. The highest BCUT2D eigenvalue weighted by Crippen LogP contribution is 2.38. The molecule has 3 aromatic carbocycles. The molecular weight excluding hydrogens is 390 g/mol. The number of para-hydroxylation sites is 2. The normalized spacial score (nSPS) is 11.0. The van der Waals surface area contributed by atoms with Crippen LogP contribution in [0.3, 0.4) is 0 Å². The van der Waals surface area contributed by atoms with E-state index < -0.39 is 40.7 Å². The number of hydrogen-bond acceptors (Lipinski definition) is 3. The first-order valence-electron chi connectivity index (χ1n) is 8.30. The molecule has 0 radical (unpaired) electrons. The molecule has 0 aliphatic carbocycles. The number of hydrogen-bond donors (Lipinski definition) is 1. The Morgan fingerprint density at radius 2 is 1.48 bits per heavy atom. The lowest BCUT2D eigenvalue weighted by Gasteiger charge is -2.16. The molecule has 29 heavy (non-hydrogen) atoms. The van der Waals surface area contributed by atoms with E-state index in [2.05, 4.69) is 5.32 Å². The van der Waals surface area contributed by atoms with Crippen molar-refractivity contribution in [1.82, 2.24) is 0 Å². The van der Waals surface area contributed by atoms with Gasteiger partial charge in [-0.15, -0.1) is 0 Å². The van der Waals surface area contributed by atoms with Gasteiger partial charge in [-0.3, -0.25) is 4.79 Å². The molecule has 0 aliphatic heterocycles. The van der Waals surface area contributed by atoms with E-state index in [0.717, 1.165) is 36.4 Å². The van der Waals surface area contributed by atoms with Crippen LogP contribution in [0.4, 0.5) is 23.2 Å². The molecule has 0 aromatic heterocycles. The van der Waals surface area contributed by atoms with Gasteiger partial charge in [0.15, 0.2) is 5.75 Å². The van der Waals surface area contributed by atoms with Gasteiger partial charge in [-0.05, 0) is 48.5 Å². The number of amides is 1. The lowest BCUT2D eigenvalue weighted by atomic mass is 10.1. The zero-order valence-electron chi connectivity index (χ0n) is 14.7. The Balaban J connectivity index is 1.99. The van der Waals surface area contributed by atoms with E-state index in [1.807, 2.05) is 0 Å². The topological polar surface area (TPSA) is 55.4 Å². The van der Waals surface area contributed by atoms with Crippen LogP contribution in [0.2, 0.25) is 0 Å². The SMILES string of the molecule is O=C(Oc1c(C(=O)Nc2ccccc2)cccc1C(F)(F)F)c1ccc(F)cc1. The third kappa shape index (κ3) is 4.78. The summed E-state index contributed by atoms with van der Waals surface area (Å²) in [4.78, 5) is 24.9. The number of halogens is 4. The number of ether oxygens (including phenoxy) is 1. The Hall–Kier alpha value is -3.68. The minimum atomic E-state index is -4.87. The number of esters is 1. The number of anilines is 1. The van der Waals surface area contributed by atoms with Crippen LogP contribution in [0, 0.1) is 5.82 Å². The average molecular weight is 403 g/mol. The van der Waals surface area contributed by atoms with Crippen molar-refractivity contribution >= 4 is 17.6 Å². The fraction of sp³-hybridized carbons (Fsp3) is 0.0476. The van der Waals surface area contributed by atoms with Crippen molar-refractivity contribution in [2.45, 2.75) is 6.18 Å². The van der Waals surface area contributed by atoms with Crippen LogP contribution in [0.1, 0.15) is 26.3 Å². The van der Waals surface area contributed by atoms with Crippen LogP contribution in [0.5, 0.6) is 5.75 Å². The van der Waals surface area contributed by atoms with E-state index in [1.54, 1.807) is 30.3 Å². The van der Waals surface area contributed by atoms with Crippen LogP contribution in [0.25, 0.3) is 0 Å². The Kier molecular flexibility index (Phi) is 5.63. The van der Waals surface area contributed by atoms with E-state index in [0.29, 0.717) is 11.8 Å². The number of carbonyl (C=O) groups excluding carboxylic acids is 2. The Labute approximate surface area is 162 Å². The summed E-state index contributed by atoms with van der Waals surface area (Å²) in [5.74, 6) is -3.59. The molecule has 0 unspecified atom stereocenters. The van der Waals surface area contributed by atoms with E-state index >= 15 is 0 Å². The molecule has 8 heteroatoms. The van der Waals surface area contributed by atoms with E-state index in [-0.39, 0.29) is 5.56 Å². The zero-order chi connectivity index (χ0) is 21.0. The molecule has 0 bridgehead atoms. The van der Waals surface area contributed by atoms with E-state index in [4.69, 9.17) is 4.74 Å². The zero-order valence-corrected chi connectivity index (χ0v) is 14.7. The first kappa shape index (κ1) is 20.1. The van der Waals surface area contributed by atoms with Gasteiger partial charge in [-0.1, -0.05) is 24.3 Å². The largest absolute Gasteiger partial charge is 0.421 e. The number of rotatable bonds is 4. The number of nitrogens with one attached hydrogen (secondary N) is 1. The number of alkyl halides is 3. The third-order valence-corrected chi connectivity index (χ3v) is 3.87. The molecule has 0 fully saturated rings. The number of benzene rings is 3. The predicted octanol–water partition coefficient (Wildman–Crippen LogP) is 5.32. The van der Waals surface area contributed by atoms with Crippen molar-refractivity contribution in [1.29, 1.82) is 0 Å². The standard InChI is InChI=1S/C21H13F4NO3/c22-14-11-9-13(10-12-14)20(28)29-18-16(7-4-8-17(18)21(23,24)25)19(27)26-15-5-2-1-3-6-15/h1-12H,(H,26,27). The average Bonchev–Trinajstić information content (AvgIpc) is 2.68. The van der Waals surface area contributed by atoms with Crippen molar-refractivity contribution in [3.63, 3.8) is 0 Å². The highest BCUT2D eigenvalue weighted by atomic mass is 19.4. The molecule has 3 aromatic rings. The van der Waals surface area contributed by atoms with Crippen molar-refractivity contribution in [2.24, 2.45) is 0 Å². The molecule has 1 N–H and O–H groups in total. The Morgan fingerprint density at radius 1 is 0.828 bits per heavy atom. The van der Waals surface area contributed by atoms with Gasteiger partial charge in [-0.25, -0.2) is 9.18 Å². The molecule has 148 valence electrons. The second-order valence-electron chi connectivity index (χ2n) is 5.90. The van der Waals surface area contributed by atoms with Gasteiger partial charge in [0.1, 0.15) is 5.82 Å². The first-order chi connectivity index (χ1) is 13.8. The van der Waals surface area contributed by atoms with Crippen LogP contribution >= 0.6 is 0 Å². The van der Waals surface area contributed by atoms with Gasteiger partial charge in [0.2, 0.25) is 0 Å². The molecule has 0 atom stereocenters. The summed E-state index contributed by atoms with van der Waals surface area (Å²) in [5, 5.41) is 2.45. The lowest BCUT2D eigenvalue weighted by Crippen LogP contribution is -2.20. The smallest absolute Gasteiger partial charge is 0.420 e. The molecule has 0 aliphatic rings. The highest BCUT2D eigenvalue weighted by molar-refractivity contribution is 6.07. The van der Waals surface area contributed by atoms with Crippen LogP contribution in [0.15, 0.2) is 72.8 Å². The second-order valence-corrected chi connectivity index (χ2v) is 5.90. The van der Waals surface area contributed by atoms with E-state index in [1.165, 1.54) is 0 Å². The van der Waals surface area contributed by atoms with Gasteiger partial charge in [0, 0.05) is 5.69 Å². The summed E-state index contributed by atoms with van der Waals surface area (Å²) in [7, 11) is 0. The quantitative estimate of drug-likeness (QED) is 0.365. The van der Waals surface area contributed by atoms with Gasteiger partial charge in [-0.2, -0.15) is 13.2 Å². The molecule has 0 saturated carbocycles. The summed E-state index contributed by atoms with van der Waals surface area (Å²) < 4.78 is 58.3. The molecule has 0 saturated heterocycles.